The minimum atomic E-state index is -4.77. The number of allylic oxidation sites excluding steroid dienone is 16. The number of ether oxygens (including phenoxy) is 3. The molecule has 2 N–H and O–H groups in total. The van der Waals surface area contributed by atoms with Gasteiger partial charge in [-0.1, -0.05) is 182 Å². The van der Waals surface area contributed by atoms with Crippen LogP contribution in [0.4, 0.5) is 0 Å². The second kappa shape index (κ2) is 51.7. The van der Waals surface area contributed by atoms with Crippen LogP contribution in [0, 0.1) is 0 Å². The summed E-state index contributed by atoms with van der Waals surface area (Å²) in [5.74, 6) is -1.57. The van der Waals surface area contributed by atoms with E-state index in [4.69, 9.17) is 23.3 Å². The number of hydrogen-bond donors (Lipinski definition) is 2. The lowest BCUT2D eigenvalue weighted by Gasteiger charge is -2.21. The number of hydrogen-bond acceptors (Lipinski definition) is 10. The van der Waals surface area contributed by atoms with Crippen molar-refractivity contribution in [2.45, 2.75) is 226 Å². The van der Waals surface area contributed by atoms with Gasteiger partial charge in [-0.05, 0) is 109 Å². The zero-order chi connectivity index (χ0) is 51.3. The predicted octanol–water partition coefficient (Wildman–Crippen LogP) is 15.7. The van der Waals surface area contributed by atoms with E-state index in [0.717, 1.165) is 122 Å². The van der Waals surface area contributed by atoms with E-state index < -0.39 is 57.8 Å². The molecule has 0 amide bonds. The summed E-state index contributed by atoms with van der Waals surface area (Å²) in [6.07, 6.45) is 59.5. The number of carbonyl (C=O) groups excluding carboxylic acids is 3. The second-order valence-corrected chi connectivity index (χ2v) is 19.1. The van der Waals surface area contributed by atoms with Gasteiger partial charge in [0, 0.05) is 19.3 Å². The van der Waals surface area contributed by atoms with E-state index >= 15 is 0 Å². The number of phosphoric acid groups is 1. The zero-order valence-corrected chi connectivity index (χ0v) is 44.8. The lowest BCUT2D eigenvalue weighted by Crippen LogP contribution is -2.30. The van der Waals surface area contributed by atoms with Crippen LogP contribution in [0.25, 0.3) is 0 Å². The number of aliphatic hydroxyl groups is 1. The molecule has 0 aliphatic carbocycles. The summed E-state index contributed by atoms with van der Waals surface area (Å²) in [6.45, 7) is 4.34. The zero-order valence-electron chi connectivity index (χ0n) is 43.9. The van der Waals surface area contributed by atoms with Crippen molar-refractivity contribution in [3.63, 3.8) is 0 Å². The Morgan fingerprint density at radius 3 is 1.27 bits per heavy atom. The lowest BCUT2D eigenvalue weighted by molar-refractivity contribution is -0.161. The van der Waals surface area contributed by atoms with Crippen LogP contribution in [-0.2, 0) is 42.2 Å². The fourth-order valence-electron chi connectivity index (χ4n) is 6.83. The highest BCUT2D eigenvalue weighted by molar-refractivity contribution is 7.47. The number of phosphoric ester groups is 1. The third-order valence-corrected chi connectivity index (χ3v) is 11.9. The van der Waals surface area contributed by atoms with E-state index in [1.165, 1.54) is 25.7 Å². The number of esters is 3. The highest BCUT2D eigenvalue weighted by atomic mass is 31.2. The Kier molecular flexibility index (Phi) is 49.1. The van der Waals surface area contributed by atoms with Crippen LogP contribution < -0.4 is 0 Å². The summed E-state index contributed by atoms with van der Waals surface area (Å²) in [7, 11) is -4.77. The lowest BCUT2D eigenvalue weighted by atomic mass is 10.1. The smallest absolute Gasteiger partial charge is 0.462 e. The molecule has 11 nitrogen and oxygen atoms in total. The summed E-state index contributed by atoms with van der Waals surface area (Å²) in [5.41, 5.74) is 0. The van der Waals surface area contributed by atoms with Gasteiger partial charge < -0.3 is 24.2 Å². The van der Waals surface area contributed by atoms with Crippen LogP contribution in [0.3, 0.4) is 0 Å². The minimum Gasteiger partial charge on any atom is -0.462 e. The van der Waals surface area contributed by atoms with Crippen LogP contribution in [0.2, 0.25) is 0 Å². The molecule has 0 saturated carbocycles. The van der Waals surface area contributed by atoms with Gasteiger partial charge in [-0.3, -0.25) is 23.4 Å². The molecule has 0 saturated heterocycles. The van der Waals surface area contributed by atoms with Crippen LogP contribution in [0.5, 0.6) is 0 Å². The van der Waals surface area contributed by atoms with Crippen molar-refractivity contribution in [1.82, 2.24) is 0 Å². The molecule has 12 heteroatoms. The van der Waals surface area contributed by atoms with Crippen LogP contribution in [-0.4, -0.2) is 66.5 Å². The molecule has 0 aromatic carbocycles. The second-order valence-electron chi connectivity index (χ2n) is 17.7. The van der Waals surface area contributed by atoms with Gasteiger partial charge in [0.15, 0.2) is 6.10 Å². The molecule has 0 aliphatic heterocycles. The highest BCUT2D eigenvalue weighted by Gasteiger charge is 2.28. The van der Waals surface area contributed by atoms with E-state index in [9.17, 15) is 28.9 Å². The summed E-state index contributed by atoms with van der Waals surface area (Å²) in [6, 6.07) is 0. The summed E-state index contributed by atoms with van der Waals surface area (Å²) in [4.78, 5) is 48.4. The van der Waals surface area contributed by atoms with Gasteiger partial charge in [0.2, 0.25) is 0 Å². The molecule has 70 heavy (non-hydrogen) atoms. The Balaban J connectivity index is 4.86. The first-order chi connectivity index (χ1) is 34.2. The summed E-state index contributed by atoms with van der Waals surface area (Å²) < 4.78 is 39.3. The highest BCUT2D eigenvalue weighted by Crippen LogP contribution is 2.43. The van der Waals surface area contributed by atoms with Crippen LogP contribution in [0.15, 0.2) is 97.2 Å². The Morgan fingerprint density at radius 1 is 0.414 bits per heavy atom. The average molecular weight is 1000 g/mol. The molecule has 0 aliphatic rings. The predicted molar refractivity (Wildman–Crippen MR) is 288 cm³/mol. The normalized spacial score (nSPS) is 14.2. The first-order valence-corrected chi connectivity index (χ1v) is 28.6. The molecular formula is C58H97O11P. The van der Waals surface area contributed by atoms with Gasteiger partial charge in [-0.15, -0.1) is 0 Å². The van der Waals surface area contributed by atoms with Crippen molar-refractivity contribution >= 4 is 25.7 Å². The average Bonchev–Trinajstić information content (AvgIpc) is 3.35. The third kappa shape index (κ3) is 49.4. The number of rotatable bonds is 49. The standard InChI is InChI=1S/C58H97O11P/c1-4-7-10-13-16-19-22-25-26-27-28-31-34-37-40-43-46-49-58(62)69-55(51-65-56(60)47-44-41-38-35-32-29-23-20-17-14-11-8-5-2)53-67-70(63,64)66-52-54(50-59)68-57(61)48-45-42-39-36-33-30-24-21-18-15-12-9-6-3/h7,10,12,15-16,19-21,23-26,28,31,37,40,54-55,59H,4-6,8-9,11,13-14,17-18,22,27,29-30,32-36,38-39,41-53H2,1-3H3,(H,63,64)/b10-7-,15-12-,19-16-,23-20-,24-21-,26-25-,31-28-,40-37-. The first-order valence-electron chi connectivity index (χ1n) is 27.1. The molecule has 400 valence electrons. The van der Waals surface area contributed by atoms with Crippen LogP contribution in [0.1, 0.15) is 213 Å². The van der Waals surface area contributed by atoms with Crippen molar-refractivity contribution in [2.75, 3.05) is 26.4 Å². The topological polar surface area (TPSA) is 155 Å². The van der Waals surface area contributed by atoms with Crippen LogP contribution >= 0.6 is 7.82 Å². The number of carbonyl (C=O) groups is 3. The molecule has 0 fully saturated rings. The monoisotopic (exact) mass is 1000 g/mol. The van der Waals surface area contributed by atoms with E-state index in [-0.39, 0.29) is 25.9 Å². The first kappa shape index (κ1) is 66.4. The molecule has 3 unspecified atom stereocenters. The maximum absolute atomic E-state index is 12.9. The van der Waals surface area contributed by atoms with Crippen molar-refractivity contribution in [1.29, 1.82) is 0 Å². The fraction of sp³-hybridized carbons (Fsp3) is 0.672. The third-order valence-electron chi connectivity index (χ3n) is 10.9. The molecule has 0 radical (unpaired) electrons. The van der Waals surface area contributed by atoms with Gasteiger partial charge in [0.25, 0.3) is 0 Å². The number of aliphatic hydroxyl groups excluding tert-OH is 1. The molecular weight excluding hydrogens is 904 g/mol. The maximum Gasteiger partial charge on any atom is 0.472 e. The Labute approximate surface area is 425 Å². The van der Waals surface area contributed by atoms with Crippen molar-refractivity contribution < 1.29 is 52.2 Å². The summed E-state index contributed by atoms with van der Waals surface area (Å²) >= 11 is 0. The van der Waals surface area contributed by atoms with E-state index in [0.29, 0.717) is 25.7 Å². The molecule has 0 aromatic rings. The molecule has 0 bridgehead atoms. The Bertz CT molecular complexity index is 1540. The molecule has 0 rings (SSSR count). The van der Waals surface area contributed by atoms with Gasteiger partial charge in [-0.25, -0.2) is 4.57 Å². The minimum absolute atomic E-state index is 0.0828. The molecule has 3 atom stereocenters. The van der Waals surface area contributed by atoms with Gasteiger partial charge in [0.1, 0.15) is 12.7 Å². The van der Waals surface area contributed by atoms with Crippen molar-refractivity contribution in [3.8, 4) is 0 Å². The number of unbranched alkanes of at least 4 members (excludes halogenated alkanes) is 16. The quantitative estimate of drug-likeness (QED) is 0.0197. The maximum atomic E-state index is 12.9. The van der Waals surface area contributed by atoms with E-state index in [1.54, 1.807) is 0 Å². The molecule has 0 spiro atoms. The van der Waals surface area contributed by atoms with Crippen molar-refractivity contribution in [3.05, 3.63) is 97.2 Å². The van der Waals surface area contributed by atoms with E-state index in [1.807, 2.05) is 12.2 Å². The molecule has 0 aromatic heterocycles. The van der Waals surface area contributed by atoms with E-state index in [2.05, 4.69) is 106 Å². The van der Waals surface area contributed by atoms with Gasteiger partial charge in [0.05, 0.1) is 19.8 Å². The largest absolute Gasteiger partial charge is 0.472 e. The summed E-state index contributed by atoms with van der Waals surface area (Å²) in [5, 5.41) is 9.78. The fourth-order valence-corrected chi connectivity index (χ4v) is 7.62. The SMILES string of the molecule is CC/C=C\C/C=C\C/C=C\C/C=C\C/C=C\CCCC(=O)OC(COC(=O)CCCCCCC/C=C\CCCCCC)COP(=O)(O)OCC(CO)OC(=O)CCCCCCC/C=C\C/C=C\CCC. The van der Waals surface area contributed by atoms with Crippen molar-refractivity contribution in [2.24, 2.45) is 0 Å². The molecule has 0 heterocycles. The van der Waals surface area contributed by atoms with Gasteiger partial charge >= 0.3 is 25.7 Å². The Morgan fingerprint density at radius 2 is 0.786 bits per heavy atom. The van der Waals surface area contributed by atoms with Gasteiger partial charge in [-0.2, -0.15) is 0 Å². The Hall–Kier alpha value is -3.60.